The van der Waals surface area contributed by atoms with Crippen LogP contribution < -0.4 is 10.6 Å². The fourth-order valence-corrected chi connectivity index (χ4v) is 2.22. The lowest BCUT2D eigenvalue weighted by atomic mass is 10.3. The summed E-state index contributed by atoms with van der Waals surface area (Å²) in [6.07, 6.45) is 0. The Morgan fingerprint density at radius 1 is 1.54 bits per heavy atom. The van der Waals surface area contributed by atoms with Crippen LogP contribution in [0.3, 0.4) is 0 Å². The number of aromatic nitrogens is 1. The maximum Gasteiger partial charge on any atom is 0.208 e. The molecule has 0 radical (unpaired) electrons. The van der Waals surface area contributed by atoms with Crippen LogP contribution in [0.1, 0.15) is 0 Å². The van der Waals surface area contributed by atoms with E-state index in [0.717, 1.165) is 15.0 Å². The smallest absolute Gasteiger partial charge is 0.208 e. The molecule has 0 unspecified atom stereocenters. The van der Waals surface area contributed by atoms with Crippen molar-refractivity contribution in [3.63, 3.8) is 0 Å². The third-order valence-corrected chi connectivity index (χ3v) is 3.01. The number of benzene rings is 1. The number of fused-ring (bicyclic) bond motifs is 1. The molecule has 0 spiro atoms. The van der Waals surface area contributed by atoms with E-state index in [2.05, 4.69) is 5.10 Å². The average molecular weight is 195 g/mol. The third kappa shape index (κ3) is 1.17. The molecular weight excluding hydrogens is 186 g/mol. The van der Waals surface area contributed by atoms with Crippen molar-refractivity contribution in [1.29, 1.82) is 0 Å². The van der Waals surface area contributed by atoms with Gasteiger partial charge in [-0.05, 0) is 18.2 Å². The largest absolute Gasteiger partial charge is 0.508 e. The van der Waals surface area contributed by atoms with Crippen molar-refractivity contribution in [3.05, 3.63) is 23.0 Å². The predicted molar refractivity (Wildman–Crippen MR) is 52.2 cm³/mol. The highest BCUT2D eigenvalue weighted by molar-refractivity contribution is 7.16. The second kappa shape index (κ2) is 2.77. The zero-order valence-corrected chi connectivity index (χ0v) is 7.88. The lowest BCUT2D eigenvalue weighted by Crippen LogP contribution is -2.11. The number of phenols is 1. The Kier molecular flexibility index (Phi) is 1.73. The van der Waals surface area contributed by atoms with Crippen LogP contribution in [0.15, 0.2) is 23.3 Å². The maximum absolute atomic E-state index is 9.24. The third-order valence-electron chi connectivity index (χ3n) is 1.90. The number of phenolic OH excluding ortho intramolecular Hbond substituents is 1. The SMILES string of the molecule is Cn1c(=NN)sc2cc(O)ccc21. The van der Waals surface area contributed by atoms with Gasteiger partial charge in [0.1, 0.15) is 5.75 Å². The van der Waals surface area contributed by atoms with Gasteiger partial charge >= 0.3 is 0 Å². The first-order valence-electron chi connectivity index (χ1n) is 3.75. The number of aromatic hydroxyl groups is 1. The van der Waals surface area contributed by atoms with Crippen LogP contribution in [0.2, 0.25) is 0 Å². The van der Waals surface area contributed by atoms with E-state index >= 15 is 0 Å². The fraction of sp³-hybridized carbons (Fsp3) is 0.125. The standard InChI is InChI=1S/C8H9N3OS/c1-11-6-3-2-5(12)4-7(6)13-8(11)10-9/h2-4,12H,9H2,1H3. The first-order chi connectivity index (χ1) is 6.22. The van der Waals surface area contributed by atoms with Gasteiger partial charge in [0.15, 0.2) is 0 Å². The van der Waals surface area contributed by atoms with E-state index in [1.165, 1.54) is 11.3 Å². The van der Waals surface area contributed by atoms with Crippen molar-refractivity contribution >= 4 is 21.6 Å². The maximum atomic E-state index is 9.24. The highest BCUT2D eigenvalue weighted by Crippen LogP contribution is 2.21. The summed E-state index contributed by atoms with van der Waals surface area (Å²) in [6, 6.07) is 5.19. The Labute approximate surface area is 78.5 Å². The summed E-state index contributed by atoms with van der Waals surface area (Å²) in [5.41, 5.74) is 1.02. The van der Waals surface area contributed by atoms with E-state index in [1.54, 1.807) is 12.1 Å². The number of thiazole rings is 1. The lowest BCUT2D eigenvalue weighted by Gasteiger charge is -1.94. The number of nitrogens with zero attached hydrogens (tertiary/aromatic N) is 2. The van der Waals surface area contributed by atoms with Crippen LogP contribution in [0, 0.1) is 0 Å². The van der Waals surface area contributed by atoms with Crippen LogP contribution in [0.5, 0.6) is 5.75 Å². The fourth-order valence-electron chi connectivity index (χ4n) is 1.24. The molecule has 0 fully saturated rings. The molecule has 0 atom stereocenters. The first kappa shape index (κ1) is 8.12. The topological polar surface area (TPSA) is 63.5 Å². The van der Waals surface area contributed by atoms with E-state index in [-0.39, 0.29) is 5.75 Å². The zero-order chi connectivity index (χ0) is 9.42. The van der Waals surface area contributed by atoms with E-state index in [1.807, 2.05) is 17.7 Å². The van der Waals surface area contributed by atoms with E-state index < -0.39 is 0 Å². The van der Waals surface area contributed by atoms with E-state index in [4.69, 9.17) is 5.84 Å². The number of nitrogens with two attached hydrogens (primary N) is 1. The van der Waals surface area contributed by atoms with Gasteiger partial charge in [0.2, 0.25) is 4.80 Å². The number of rotatable bonds is 0. The van der Waals surface area contributed by atoms with Crippen molar-refractivity contribution in [1.82, 2.24) is 4.57 Å². The number of hydrogen-bond donors (Lipinski definition) is 2. The summed E-state index contributed by atoms with van der Waals surface area (Å²) in [4.78, 5) is 0.737. The van der Waals surface area contributed by atoms with Gasteiger partial charge in [0, 0.05) is 7.05 Å². The summed E-state index contributed by atoms with van der Waals surface area (Å²) >= 11 is 1.45. The highest BCUT2D eigenvalue weighted by Gasteiger charge is 2.02. The summed E-state index contributed by atoms with van der Waals surface area (Å²) < 4.78 is 2.87. The molecule has 68 valence electrons. The van der Waals surface area contributed by atoms with Gasteiger partial charge in [-0.3, -0.25) is 0 Å². The molecule has 1 aromatic heterocycles. The molecule has 5 heteroatoms. The van der Waals surface area contributed by atoms with Gasteiger partial charge < -0.3 is 15.5 Å². The van der Waals surface area contributed by atoms with Gasteiger partial charge in [0.05, 0.1) is 10.2 Å². The van der Waals surface area contributed by atoms with Gasteiger partial charge in [-0.1, -0.05) is 11.3 Å². The van der Waals surface area contributed by atoms with Gasteiger partial charge in [0.25, 0.3) is 0 Å². The van der Waals surface area contributed by atoms with Crippen LogP contribution in [0.4, 0.5) is 0 Å². The van der Waals surface area contributed by atoms with Gasteiger partial charge in [-0.25, -0.2) is 0 Å². The molecular formula is C8H9N3OS. The minimum absolute atomic E-state index is 0.262. The molecule has 3 N–H and O–H groups in total. The van der Waals surface area contributed by atoms with Crippen LogP contribution in [-0.4, -0.2) is 9.67 Å². The van der Waals surface area contributed by atoms with Crippen molar-refractivity contribution < 1.29 is 5.11 Å². The lowest BCUT2D eigenvalue weighted by molar-refractivity contribution is 0.476. The van der Waals surface area contributed by atoms with Crippen LogP contribution in [0.25, 0.3) is 10.2 Å². The molecule has 13 heavy (non-hydrogen) atoms. The minimum atomic E-state index is 0.262. The zero-order valence-electron chi connectivity index (χ0n) is 7.06. The number of aryl methyl sites for hydroxylation is 1. The second-order valence-electron chi connectivity index (χ2n) is 2.72. The molecule has 0 saturated heterocycles. The van der Waals surface area contributed by atoms with E-state index in [9.17, 15) is 5.11 Å². The Morgan fingerprint density at radius 2 is 2.31 bits per heavy atom. The van der Waals surface area contributed by atoms with Crippen LogP contribution in [-0.2, 0) is 7.05 Å². The molecule has 1 aromatic carbocycles. The van der Waals surface area contributed by atoms with Crippen molar-refractivity contribution in [3.8, 4) is 5.75 Å². The summed E-state index contributed by atoms with van der Waals surface area (Å²) in [7, 11) is 1.89. The number of hydrogen-bond acceptors (Lipinski definition) is 4. The summed E-state index contributed by atoms with van der Waals surface area (Å²) in [5.74, 6) is 5.47. The Hall–Kier alpha value is -1.49. The quantitative estimate of drug-likeness (QED) is 0.480. The second-order valence-corrected chi connectivity index (χ2v) is 3.73. The molecule has 0 saturated carbocycles. The minimum Gasteiger partial charge on any atom is -0.508 e. The Bertz CT molecular complexity index is 512. The van der Waals surface area contributed by atoms with Crippen molar-refractivity contribution in [2.45, 2.75) is 0 Å². The molecule has 0 bridgehead atoms. The van der Waals surface area contributed by atoms with Gasteiger partial charge in [-0.15, -0.1) is 0 Å². The molecule has 0 aliphatic rings. The van der Waals surface area contributed by atoms with Crippen LogP contribution >= 0.6 is 11.3 Å². The Balaban J connectivity index is 2.93. The molecule has 2 aromatic rings. The molecule has 4 nitrogen and oxygen atoms in total. The summed E-state index contributed by atoms with van der Waals surface area (Å²) in [6.45, 7) is 0. The molecule has 0 amide bonds. The molecule has 0 aliphatic heterocycles. The van der Waals surface area contributed by atoms with Crippen molar-refractivity contribution in [2.75, 3.05) is 0 Å². The monoisotopic (exact) mass is 195 g/mol. The average Bonchev–Trinajstić information content (AvgIpc) is 2.42. The Morgan fingerprint density at radius 3 is 3.00 bits per heavy atom. The molecule has 2 rings (SSSR count). The molecule has 0 aliphatic carbocycles. The predicted octanol–water partition coefficient (Wildman–Crippen LogP) is 0.720. The summed E-state index contributed by atoms with van der Waals surface area (Å²) in [5, 5.41) is 12.9. The van der Waals surface area contributed by atoms with Gasteiger partial charge in [-0.2, -0.15) is 5.10 Å². The first-order valence-corrected chi connectivity index (χ1v) is 4.56. The van der Waals surface area contributed by atoms with Crippen molar-refractivity contribution in [2.24, 2.45) is 18.0 Å². The normalized spacial score (nSPS) is 12.5. The van der Waals surface area contributed by atoms with E-state index in [0.29, 0.717) is 0 Å². The highest BCUT2D eigenvalue weighted by atomic mass is 32.1. The molecule has 1 heterocycles.